The van der Waals surface area contributed by atoms with Crippen molar-refractivity contribution in [3.8, 4) is 34.4 Å². The Bertz CT molecular complexity index is 1760. The topological polar surface area (TPSA) is 116 Å². The third kappa shape index (κ3) is 8.41. The van der Waals surface area contributed by atoms with Crippen LogP contribution in [0.1, 0.15) is 96.2 Å². The molecule has 1 saturated heterocycles. The van der Waals surface area contributed by atoms with Gasteiger partial charge < -0.3 is 24.3 Å². The van der Waals surface area contributed by atoms with Crippen LogP contribution in [0.15, 0.2) is 60.9 Å². The molecular weight excluding hydrogens is 592 g/mol. The fraction of sp³-hybridized carbons (Fsp3) is 0.405. The number of nitrogens with one attached hydrogen (secondary N) is 2. The van der Waals surface area contributed by atoms with Gasteiger partial charge >= 0.3 is 12.2 Å². The predicted molar refractivity (Wildman–Crippen MR) is 181 cm³/mol. The Morgan fingerprint density at radius 2 is 1.38 bits per heavy atom. The number of carbonyl (C=O) groups is 2. The van der Waals surface area contributed by atoms with Gasteiger partial charge in [-0.15, -0.1) is 0 Å². The van der Waals surface area contributed by atoms with Gasteiger partial charge in [-0.25, -0.2) is 19.6 Å². The van der Waals surface area contributed by atoms with Crippen LogP contribution in [0.4, 0.5) is 9.59 Å². The van der Waals surface area contributed by atoms with E-state index in [9.17, 15) is 9.59 Å². The van der Waals surface area contributed by atoms with Gasteiger partial charge in [-0.3, -0.25) is 4.90 Å². The van der Waals surface area contributed by atoms with Crippen molar-refractivity contribution in [3.63, 3.8) is 0 Å². The normalized spacial score (nSPS) is 15.5. The van der Waals surface area contributed by atoms with Crippen molar-refractivity contribution in [1.82, 2.24) is 29.7 Å². The molecule has 2 aromatic carbocycles. The summed E-state index contributed by atoms with van der Waals surface area (Å²) in [6.45, 7) is 13.7. The van der Waals surface area contributed by atoms with Crippen LogP contribution in [0.5, 0.6) is 0 Å². The fourth-order valence-corrected chi connectivity index (χ4v) is 5.22. The Kier molecular flexibility index (Phi) is 9.48. The first-order valence-electron chi connectivity index (χ1n) is 15.9. The highest BCUT2D eigenvalue weighted by molar-refractivity contribution is 5.69. The number of H-pyrrole nitrogens is 2. The highest BCUT2D eigenvalue weighted by atomic mass is 16.6. The van der Waals surface area contributed by atoms with E-state index in [1.807, 2.05) is 103 Å². The number of amides is 2. The van der Waals surface area contributed by atoms with Gasteiger partial charge in [0.2, 0.25) is 0 Å². The fourth-order valence-electron chi connectivity index (χ4n) is 5.22. The van der Waals surface area contributed by atoms with Gasteiger partial charge in [0.1, 0.15) is 22.9 Å². The van der Waals surface area contributed by atoms with E-state index in [0.717, 1.165) is 52.3 Å². The van der Waals surface area contributed by atoms with E-state index in [1.165, 1.54) is 4.90 Å². The van der Waals surface area contributed by atoms with Crippen molar-refractivity contribution in [1.29, 1.82) is 0 Å². The maximum Gasteiger partial charge on any atom is 0.410 e. The van der Waals surface area contributed by atoms with Crippen LogP contribution >= 0.6 is 0 Å². The molecule has 0 radical (unpaired) electrons. The van der Waals surface area contributed by atoms with Gasteiger partial charge in [-0.1, -0.05) is 36.1 Å². The lowest BCUT2D eigenvalue weighted by Crippen LogP contribution is -2.36. The molecule has 1 aliphatic rings. The first-order valence-corrected chi connectivity index (χ1v) is 15.9. The second kappa shape index (κ2) is 13.4. The molecule has 47 heavy (non-hydrogen) atoms. The molecule has 0 aliphatic carbocycles. The van der Waals surface area contributed by atoms with Gasteiger partial charge in [0.15, 0.2) is 0 Å². The Balaban J connectivity index is 1.20. The molecule has 0 unspecified atom stereocenters. The maximum absolute atomic E-state index is 12.7. The van der Waals surface area contributed by atoms with Crippen LogP contribution < -0.4 is 0 Å². The number of carbonyl (C=O) groups excluding carboxylic acids is 2. The summed E-state index contributed by atoms with van der Waals surface area (Å²) in [5.74, 6) is 7.92. The highest BCUT2D eigenvalue weighted by Gasteiger charge is 2.35. The molecule has 10 heteroatoms. The number of likely N-dealkylation sites (tertiary alicyclic amines) is 1. The van der Waals surface area contributed by atoms with E-state index in [-0.39, 0.29) is 18.2 Å². The molecule has 246 valence electrons. The van der Waals surface area contributed by atoms with Crippen molar-refractivity contribution in [3.05, 3.63) is 83.7 Å². The average Bonchev–Trinajstić information content (AvgIpc) is 3.79. The monoisotopic (exact) mass is 636 g/mol. The summed E-state index contributed by atoms with van der Waals surface area (Å²) < 4.78 is 11.1. The second-order valence-corrected chi connectivity index (χ2v) is 13.9. The molecule has 0 spiro atoms. The van der Waals surface area contributed by atoms with Crippen molar-refractivity contribution < 1.29 is 19.1 Å². The molecule has 4 aromatic rings. The van der Waals surface area contributed by atoms with Gasteiger partial charge in [-0.2, -0.15) is 0 Å². The van der Waals surface area contributed by atoms with E-state index in [0.29, 0.717) is 12.4 Å². The van der Waals surface area contributed by atoms with Crippen LogP contribution in [0, 0.1) is 11.8 Å². The zero-order chi connectivity index (χ0) is 33.9. The summed E-state index contributed by atoms with van der Waals surface area (Å²) in [6, 6.07) is 15.5. The number of hydrogen-bond acceptors (Lipinski definition) is 6. The van der Waals surface area contributed by atoms with Crippen molar-refractivity contribution in [2.24, 2.45) is 0 Å². The van der Waals surface area contributed by atoms with Crippen LogP contribution in [0.3, 0.4) is 0 Å². The minimum Gasteiger partial charge on any atom is -0.444 e. The average molecular weight is 637 g/mol. The van der Waals surface area contributed by atoms with Crippen molar-refractivity contribution in [2.75, 3.05) is 13.6 Å². The largest absolute Gasteiger partial charge is 0.444 e. The molecular formula is C37H44N6O4. The maximum atomic E-state index is 12.7. The lowest BCUT2D eigenvalue weighted by Gasteiger charge is -2.27. The second-order valence-electron chi connectivity index (χ2n) is 13.9. The number of benzene rings is 2. The summed E-state index contributed by atoms with van der Waals surface area (Å²) >= 11 is 0. The van der Waals surface area contributed by atoms with Gasteiger partial charge in [0.05, 0.1) is 35.9 Å². The minimum absolute atomic E-state index is 0.125. The molecule has 3 heterocycles. The molecule has 5 rings (SSSR count). The van der Waals surface area contributed by atoms with Crippen LogP contribution in [-0.2, 0) is 9.47 Å². The number of aromatic amines is 2. The Morgan fingerprint density at radius 1 is 0.851 bits per heavy atom. The summed E-state index contributed by atoms with van der Waals surface area (Å²) in [6.07, 6.45) is 4.63. The van der Waals surface area contributed by atoms with Gasteiger partial charge in [-0.05, 0) is 96.7 Å². The van der Waals surface area contributed by atoms with E-state index in [1.54, 1.807) is 18.1 Å². The first-order chi connectivity index (χ1) is 22.2. The first kappa shape index (κ1) is 33.3. The third-order valence-electron chi connectivity index (χ3n) is 7.79. The summed E-state index contributed by atoms with van der Waals surface area (Å²) in [4.78, 5) is 44.3. The Hall–Kier alpha value is -5.04. The number of imidazole rings is 2. The molecule has 1 fully saturated rings. The zero-order valence-electron chi connectivity index (χ0n) is 28.5. The van der Waals surface area contributed by atoms with E-state index >= 15 is 0 Å². The summed E-state index contributed by atoms with van der Waals surface area (Å²) in [5, 5.41) is 0. The summed E-state index contributed by atoms with van der Waals surface area (Å²) in [5.41, 5.74) is 4.38. The van der Waals surface area contributed by atoms with Crippen LogP contribution in [0.2, 0.25) is 0 Å². The van der Waals surface area contributed by atoms with E-state index in [4.69, 9.17) is 9.47 Å². The lowest BCUT2D eigenvalue weighted by molar-refractivity contribution is 0.0212. The minimum atomic E-state index is -0.567. The highest BCUT2D eigenvalue weighted by Crippen LogP contribution is 2.33. The Labute approximate surface area is 276 Å². The van der Waals surface area contributed by atoms with E-state index < -0.39 is 17.3 Å². The predicted octanol–water partition coefficient (Wildman–Crippen LogP) is 7.87. The van der Waals surface area contributed by atoms with Crippen LogP contribution in [-0.4, -0.2) is 66.7 Å². The van der Waals surface area contributed by atoms with Crippen molar-refractivity contribution in [2.45, 2.75) is 84.6 Å². The molecule has 0 saturated carbocycles. The molecule has 10 nitrogen and oxygen atoms in total. The molecule has 1 aliphatic heterocycles. The number of rotatable bonds is 5. The number of ether oxygens (including phenoxy) is 2. The number of nitrogens with zero attached hydrogens (tertiary/aromatic N) is 4. The molecule has 2 atom stereocenters. The third-order valence-corrected chi connectivity index (χ3v) is 7.79. The standard InChI is InChI=1S/C37H44N6O4/c1-24(42(8)34(44)46-36(2,3)4)32-38-22-29(40-32)27-17-13-25(14-18-27)11-12-26-15-19-28(20-16-26)30-23-39-33(41-30)31-10-9-21-43(31)35(45)47-37(5,6)7/h13-20,22-24,31H,9-10,21H2,1-8H3,(H,38,40)(H,39,41)/t24-,31-/m0/s1. The SMILES string of the molecule is C[C@@H](c1ncc(-c2ccc(C#Cc3ccc(-c4cnc([C@@H]5CCCN5C(=O)OC(C)(C)C)[nH]4)cc3)cc2)[nH]1)N(C)C(=O)OC(C)(C)C. The zero-order valence-corrected chi connectivity index (χ0v) is 28.5. The van der Waals surface area contributed by atoms with Gasteiger partial charge in [0.25, 0.3) is 0 Å². The lowest BCUT2D eigenvalue weighted by atomic mass is 10.1. The summed E-state index contributed by atoms with van der Waals surface area (Å²) in [7, 11) is 1.70. The van der Waals surface area contributed by atoms with E-state index in [2.05, 4.69) is 31.8 Å². The Morgan fingerprint density at radius 3 is 1.94 bits per heavy atom. The molecule has 2 N–H and O–H groups in total. The number of aromatic nitrogens is 4. The van der Waals surface area contributed by atoms with Crippen molar-refractivity contribution >= 4 is 12.2 Å². The van der Waals surface area contributed by atoms with Crippen LogP contribution in [0.25, 0.3) is 22.5 Å². The smallest absolute Gasteiger partial charge is 0.410 e. The molecule has 2 amide bonds. The van der Waals surface area contributed by atoms with Gasteiger partial charge in [0, 0.05) is 24.7 Å². The molecule has 2 aromatic heterocycles. The number of hydrogen-bond donors (Lipinski definition) is 2. The quantitative estimate of drug-likeness (QED) is 0.215. The molecule has 0 bridgehead atoms.